The quantitative estimate of drug-likeness (QED) is 0.579. The van der Waals surface area contributed by atoms with Crippen molar-refractivity contribution in [2.24, 2.45) is 0 Å². The molecule has 0 N–H and O–H groups in total. The van der Waals surface area contributed by atoms with E-state index in [-0.39, 0.29) is 10.7 Å². The molecule has 0 aliphatic carbocycles. The number of carbonyl (C=O) groups is 1. The van der Waals surface area contributed by atoms with Crippen molar-refractivity contribution in [3.8, 4) is 0 Å². The van der Waals surface area contributed by atoms with Crippen molar-refractivity contribution in [1.82, 2.24) is 9.97 Å². The molecule has 0 saturated carbocycles. The summed E-state index contributed by atoms with van der Waals surface area (Å²) in [7, 11) is 3.57. The van der Waals surface area contributed by atoms with Crippen molar-refractivity contribution in [3.63, 3.8) is 0 Å². The van der Waals surface area contributed by atoms with E-state index in [1.165, 1.54) is 6.20 Å². The average molecular weight is 230 g/mol. The van der Waals surface area contributed by atoms with E-state index in [1.807, 2.05) is 0 Å². The molecule has 5 nitrogen and oxygen atoms in total. The van der Waals surface area contributed by atoms with Crippen LogP contribution in [0.2, 0.25) is 5.15 Å². The van der Waals surface area contributed by atoms with Crippen LogP contribution in [0.3, 0.4) is 0 Å². The maximum atomic E-state index is 11.3. The van der Waals surface area contributed by atoms with E-state index < -0.39 is 5.97 Å². The van der Waals surface area contributed by atoms with Gasteiger partial charge < -0.3 is 9.64 Å². The molecule has 0 saturated heterocycles. The third-order valence-electron chi connectivity index (χ3n) is 1.62. The zero-order valence-corrected chi connectivity index (χ0v) is 9.58. The molecule has 1 aromatic rings. The minimum Gasteiger partial charge on any atom is -0.462 e. The molecule has 6 heteroatoms. The van der Waals surface area contributed by atoms with Gasteiger partial charge in [0.2, 0.25) is 5.95 Å². The van der Waals surface area contributed by atoms with Gasteiger partial charge in [0.05, 0.1) is 6.61 Å². The summed E-state index contributed by atoms with van der Waals surface area (Å²) >= 11 is 5.83. The third-order valence-corrected chi connectivity index (χ3v) is 1.91. The van der Waals surface area contributed by atoms with Gasteiger partial charge in [0.15, 0.2) is 0 Å². The number of nitrogens with zero attached hydrogens (tertiary/aromatic N) is 3. The van der Waals surface area contributed by atoms with Crippen LogP contribution in [-0.4, -0.2) is 36.6 Å². The highest BCUT2D eigenvalue weighted by molar-refractivity contribution is 6.32. The first-order chi connectivity index (χ1) is 7.06. The Kier molecular flexibility index (Phi) is 3.85. The molecule has 0 aliphatic rings. The lowest BCUT2D eigenvalue weighted by atomic mass is 10.3. The SMILES string of the molecule is CCOC(=O)c1cnc(N(C)C)nc1Cl. The number of rotatable bonds is 3. The first-order valence-corrected chi connectivity index (χ1v) is 4.81. The van der Waals surface area contributed by atoms with E-state index in [9.17, 15) is 4.79 Å². The van der Waals surface area contributed by atoms with Gasteiger partial charge in [0.1, 0.15) is 10.7 Å². The molecule has 82 valence electrons. The van der Waals surface area contributed by atoms with Crippen LogP contribution < -0.4 is 4.90 Å². The highest BCUT2D eigenvalue weighted by atomic mass is 35.5. The Morgan fingerprint density at radius 3 is 2.73 bits per heavy atom. The maximum absolute atomic E-state index is 11.3. The molecule has 0 bridgehead atoms. The zero-order chi connectivity index (χ0) is 11.4. The van der Waals surface area contributed by atoms with E-state index >= 15 is 0 Å². The summed E-state index contributed by atoms with van der Waals surface area (Å²) in [4.78, 5) is 21.0. The molecule has 15 heavy (non-hydrogen) atoms. The van der Waals surface area contributed by atoms with Crippen molar-refractivity contribution in [2.75, 3.05) is 25.6 Å². The normalized spacial score (nSPS) is 9.87. The number of halogens is 1. The monoisotopic (exact) mass is 229 g/mol. The first-order valence-electron chi connectivity index (χ1n) is 4.43. The van der Waals surface area contributed by atoms with Gasteiger partial charge in [0.25, 0.3) is 0 Å². The lowest BCUT2D eigenvalue weighted by molar-refractivity contribution is 0.0525. The van der Waals surface area contributed by atoms with E-state index in [0.29, 0.717) is 12.6 Å². The maximum Gasteiger partial charge on any atom is 0.342 e. The fourth-order valence-electron chi connectivity index (χ4n) is 0.914. The number of carbonyl (C=O) groups excluding carboxylic acids is 1. The molecule has 0 atom stereocenters. The van der Waals surface area contributed by atoms with Gasteiger partial charge in [-0.25, -0.2) is 14.8 Å². The molecule has 1 aromatic heterocycles. The zero-order valence-electron chi connectivity index (χ0n) is 8.82. The molecule has 0 spiro atoms. The lowest BCUT2D eigenvalue weighted by Crippen LogP contribution is -2.14. The summed E-state index contributed by atoms with van der Waals surface area (Å²) in [5.74, 6) is -0.0548. The van der Waals surface area contributed by atoms with Crippen molar-refractivity contribution < 1.29 is 9.53 Å². The summed E-state index contributed by atoms with van der Waals surface area (Å²) in [5, 5.41) is 0.104. The predicted molar refractivity (Wildman–Crippen MR) is 57.3 cm³/mol. The van der Waals surface area contributed by atoms with Gasteiger partial charge in [-0.15, -0.1) is 0 Å². The fraction of sp³-hybridized carbons (Fsp3) is 0.444. The van der Waals surface area contributed by atoms with Crippen LogP contribution in [0.5, 0.6) is 0 Å². The standard InChI is InChI=1S/C9H12ClN3O2/c1-4-15-8(14)6-5-11-9(13(2)3)12-7(6)10/h5H,4H2,1-3H3. The summed E-state index contributed by atoms with van der Waals surface area (Å²) in [6.45, 7) is 2.02. The van der Waals surface area contributed by atoms with Crippen molar-refractivity contribution in [2.45, 2.75) is 6.92 Å². The molecule has 0 radical (unpaired) electrons. The summed E-state index contributed by atoms with van der Waals surface area (Å²) < 4.78 is 4.79. The average Bonchev–Trinajstić information content (AvgIpc) is 2.17. The van der Waals surface area contributed by atoms with Gasteiger partial charge in [-0.2, -0.15) is 0 Å². The number of hydrogen-bond acceptors (Lipinski definition) is 5. The van der Waals surface area contributed by atoms with Crippen LogP contribution in [0, 0.1) is 0 Å². The molecule has 1 rings (SSSR count). The van der Waals surface area contributed by atoms with Crippen LogP contribution in [0.1, 0.15) is 17.3 Å². The predicted octanol–water partition coefficient (Wildman–Crippen LogP) is 1.37. The van der Waals surface area contributed by atoms with Crippen LogP contribution >= 0.6 is 11.6 Å². The largest absolute Gasteiger partial charge is 0.462 e. The Bertz CT molecular complexity index is 368. The number of ether oxygens (including phenoxy) is 1. The van der Waals surface area contributed by atoms with Gasteiger partial charge in [-0.1, -0.05) is 11.6 Å². The highest BCUT2D eigenvalue weighted by Gasteiger charge is 2.14. The second kappa shape index (κ2) is 4.93. The second-order valence-corrected chi connectivity index (χ2v) is 3.35. The van der Waals surface area contributed by atoms with Crippen LogP contribution in [0.4, 0.5) is 5.95 Å². The van der Waals surface area contributed by atoms with Gasteiger partial charge in [-0.3, -0.25) is 0 Å². The number of esters is 1. The smallest absolute Gasteiger partial charge is 0.342 e. The van der Waals surface area contributed by atoms with E-state index in [4.69, 9.17) is 16.3 Å². The Labute approximate surface area is 93.0 Å². The Morgan fingerprint density at radius 2 is 2.27 bits per heavy atom. The Balaban J connectivity index is 2.98. The molecule has 1 heterocycles. The molecule has 0 amide bonds. The molecular weight excluding hydrogens is 218 g/mol. The summed E-state index contributed by atoms with van der Waals surface area (Å²) in [6, 6.07) is 0. The Morgan fingerprint density at radius 1 is 1.60 bits per heavy atom. The topological polar surface area (TPSA) is 55.3 Å². The van der Waals surface area contributed by atoms with E-state index in [2.05, 4.69) is 9.97 Å². The minimum atomic E-state index is -0.507. The second-order valence-electron chi connectivity index (χ2n) is 2.99. The van der Waals surface area contributed by atoms with Crippen LogP contribution in [-0.2, 0) is 4.74 Å². The van der Waals surface area contributed by atoms with Gasteiger partial charge in [-0.05, 0) is 6.92 Å². The van der Waals surface area contributed by atoms with Crippen LogP contribution in [0.25, 0.3) is 0 Å². The van der Waals surface area contributed by atoms with Crippen molar-refractivity contribution in [3.05, 3.63) is 16.9 Å². The van der Waals surface area contributed by atoms with E-state index in [0.717, 1.165) is 0 Å². The van der Waals surface area contributed by atoms with Crippen molar-refractivity contribution in [1.29, 1.82) is 0 Å². The third kappa shape index (κ3) is 2.79. The molecule has 0 aliphatic heterocycles. The molecule has 0 unspecified atom stereocenters. The summed E-state index contributed by atoms with van der Waals surface area (Å²) in [5.41, 5.74) is 0.184. The highest BCUT2D eigenvalue weighted by Crippen LogP contribution is 2.16. The molecular formula is C9H12ClN3O2. The lowest BCUT2D eigenvalue weighted by Gasteiger charge is -2.10. The van der Waals surface area contributed by atoms with E-state index in [1.54, 1.807) is 25.9 Å². The van der Waals surface area contributed by atoms with Gasteiger partial charge >= 0.3 is 5.97 Å². The van der Waals surface area contributed by atoms with Gasteiger partial charge in [0, 0.05) is 20.3 Å². The van der Waals surface area contributed by atoms with Crippen LogP contribution in [0.15, 0.2) is 6.20 Å². The first kappa shape index (κ1) is 11.7. The summed E-state index contributed by atoms with van der Waals surface area (Å²) in [6.07, 6.45) is 1.36. The number of anilines is 1. The molecule has 0 aromatic carbocycles. The molecule has 0 fully saturated rings. The number of aromatic nitrogens is 2. The minimum absolute atomic E-state index is 0.104. The fourth-order valence-corrected chi connectivity index (χ4v) is 1.12. The number of hydrogen-bond donors (Lipinski definition) is 0. The Hall–Kier alpha value is -1.36. The van der Waals surface area contributed by atoms with Crippen molar-refractivity contribution >= 4 is 23.5 Å².